The second-order valence-corrected chi connectivity index (χ2v) is 11.6. The highest BCUT2D eigenvalue weighted by molar-refractivity contribution is 7.88. The molecule has 0 aromatic heterocycles. The van der Waals surface area contributed by atoms with Gasteiger partial charge in [0.05, 0.1) is 19.9 Å². The van der Waals surface area contributed by atoms with Crippen molar-refractivity contribution in [2.24, 2.45) is 0 Å². The fourth-order valence-corrected chi connectivity index (χ4v) is 5.27. The highest BCUT2D eigenvalue weighted by atomic mass is 32.2. The molecule has 7 amide bonds. The Labute approximate surface area is 234 Å². The second-order valence-electron chi connectivity index (χ2n) is 9.73. The lowest BCUT2D eigenvalue weighted by molar-refractivity contribution is -0.124. The van der Waals surface area contributed by atoms with Gasteiger partial charge in [0.15, 0.2) is 5.54 Å². The van der Waals surface area contributed by atoms with Crippen LogP contribution in [0.3, 0.4) is 0 Å². The van der Waals surface area contributed by atoms with E-state index in [-0.39, 0.29) is 24.6 Å². The molecule has 2 aromatic carbocycles. The number of imide groups is 2. The molecule has 2 fully saturated rings. The molecule has 0 radical (unpaired) electrons. The highest BCUT2D eigenvalue weighted by Gasteiger charge is 2.49. The number of hydrogen-bond donors (Lipinski definition) is 5. The maximum atomic E-state index is 13.1. The standard InChI is InChI=1S/C26H24N6O8S/c1-40-18-8-5-16-12-32(20(33)19(16)11-18)14-25(21(34)28-23(36)30-25)10-9-15-3-6-17(7-4-15)26(13-27-41(2,38)39)22(35)29-24(37)31-26/h3-8,11,27H,12-14H2,1-2H3,(H2,28,30,34,36)(H2,29,31,35,37)/t25-,26?/m1/s1. The molecular weight excluding hydrogens is 556 g/mol. The van der Waals surface area contributed by atoms with Gasteiger partial charge < -0.3 is 20.3 Å². The summed E-state index contributed by atoms with van der Waals surface area (Å²) in [5.74, 6) is 4.33. The van der Waals surface area contributed by atoms with E-state index in [1.807, 2.05) is 0 Å². The van der Waals surface area contributed by atoms with Gasteiger partial charge in [-0.3, -0.25) is 25.0 Å². The summed E-state index contributed by atoms with van der Waals surface area (Å²) < 4.78 is 30.8. The molecule has 3 heterocycles. The van der Waals surface area contributed by atoms with Crippen LogP contribution in [-0.2, 0) is 31.7 Å². The summed E-state index contributed by atoms with van der Waals surface area (Å²) in [5, 5.41) is 9.28. The average molecular weight is 581 g/mol. The molecule has 2 aromatic rings. The van der Waals surface area contributed by atoms with E-state index in [9.17, 15) is 32.4 Å². The fraction of sp³-hybridized carbons (Fsp3) is 0.269. The van der Waals surface area contributed by atoms with Crippen molar-refractivity contribution >= 4 is 39.8 Å². The number of nitrogens with one attached hydrogen (secondary N) is 5. The maximum absolute atomic E-state index is 13.1. The first-order valence-electron chi connectivity index (χ1n) is 12.2. The van der Waals surface area contributed by atoms with Gasteiger partial charge >= 0.3 is 12.1 Å². The van der Waals surface area contributed by atoms with Crippen molar-refractivity contribution in [3.63, 3.8) is 0 Å². The first-order valence-corrected chi connectivity index (χ1v) is 14.0. The number of hydrogen-bond acceptors (Lipinski definition) is 8. The zero-order valence-corrected chi connectivity index (χ0v) is 22.6. The first kappa shape index (κ1) is 27.6. The van der Waals surface area contributed by atoms with Gasteiger partial charge in [0.1, 0.15) is 5.75 Å². The normalized spacial score (nSPS) is 23.3. The third-order valence-electron chi connectivity index (χ3n) is 6.90. The number of carbonyl (C=O) groups is 5. The Morgan fingerprint density at radius 1 is 0.976 bits per heavy atom. The van der Waals surface area contributed by atoms with Crippen molar-refractivity contribution in [1.29, 1.82) is 0 Å². The van der Waals surface area contributed by atoms with Gasteiger partial charge in [0, 0.05) is 24.2 Å². The van der Waals surface area contributed by atoms with E-state index in [0.29, 0.717) is 16.9 Å². The molecule has 14 nitrogen and oxygen atoms in total. The Morgan fingerprint density at radius 3 is 2.24 bits per heavy atom. The van der Waals surface area contributed by atoms with E-state index in [2.05, 4.69) is 37.8 Å². The van der Waals surface area contributed by atoms with Crippen LogP contribution in [0.2, 0.25) is 0 Å². The van der Waals surface area contributed by atoms with E-state index in [1.165, 1.54) is 36.3 Å². The van der Waals surface area contributed by atoms with Crippen molar-refractivity contribution in [1.82, 2.24) is 30.9 Å². The third-order valence-corrected chi connectivity index (χ3v) is 7.57. The molecule has 0 bridgehead atoms. The molecule has 2 saturated heterocycles. The molecule has 15 heteroatoms. The van der Waals surface area contributed by atoms with Crippen molar-refractivity contribution in [3.8, 4) is 17.6 Å². The van der Waals surface area contributed by atoms with Crippen molar-refractivity contribution < 1.29 is 37.1 Å². The summed E-state index contributed by atoms with van der Waals surface area (Å²) >= 11 is 0. The minimum Gasteiger partial charge on any atom is -0.497 e. The van der Waals surface area contributed by atoms with Crippen LogP contribution in [0, 0.1) is 11.8 Å². The molecule has 3 aliphatic rings. The van der Waals surface area contributed by atoms with Crippen molar-refractivity contribution in [2.75, 3.05) is 26.5 Å². The van der Waals surface area contributed by atoms with Gasteiger partial charge in [0.25, 0.3) is 17.7 Å². The van der Waals surface area contributed by atoms with Crippen LogP contribution < -0.4 is 30.7 Å². The van der Waals surface area contributed by atoms with Gasteiger partial charge in [-0.15, -0.1) is 0 Å². The minimum atomic E-state index is -3.69. The molecule has 212 valence electrons. The summed E-state index contributed by atoms with van der Waals surface area (Å²) in [6, 6.07) is 9.52. The minimum absolute atomic E-state index is 0.205. The van der Waals surface area contributed by atoms with Crippen molar-refractivity contribution in [3.05, 3.63) is 64.7 Å². The van der Waals surface area contributed by atoms with Crippen LogP contribution in [0.15, 0.2) is 42.5 Å². The number of benzene rings is 2. The SMILES string of the molecule is COc1ccc2c(c1)C(=O)N(C[C@@]1(C#Cc3ccc(C4(CNS(C)(=O)=O)NC(=O)NC4=O)cc3)NC(=O)NC1=O)C2. The van der Waals surface area contributed by atoms with Gasteiger partial charge in [-0.1, -0.05) is 30.0 Å². The van der Waals surface area contributed by atoms with Crippen LogP contribution in [0.4, 0.5) is 9.59 Å². The predicted octanol–water partition coefficient (Wildman–Crippen LogP) is -1.14. The number of fused-ring (bicyclic) bond motifs is 1. The number of carbonyl (C=O) groups excluding carboxylic acids is 5. The van der Waals surface area contributed by atoms with E-state index in [1.54, 1.807) is 18.2 Å². The summed E-state index contributed by atoms with van der Waals surface area (Å²) in [6.45, 7) is -0.448. The molecule has 3 aliphatic heterocycles. The Balaban J connectivity index is 1.42. The van der Waals surface area contributed by atoms with E-state index in [4.69, 9.17) is 4.74 Å². The Hall–Kier alpha value is -4.94. The maximum Gasteiger partial charge on any atom is 0.323 e. The highest BCUT2D eigenvalue weighted by Crippen LogP contribution is 2.29. The molecular formula is C26H24N6O8S. The zero-order valence-electron chi connectivity index (χ0n) is 21.8. The second kappa shape index (κ2) is 9.91. The quantitative estimate of drug-likeness (QED) is 0.201. The van der Waals surface area contributed by atoms with Gasteiger partial charge in [-0.25, -0.2) is 22.7 Å². The molecule has 0 saturated carbocycles. The van der Waals surface area contributed by atoms with Crippen LogP contribution >= 0.6 is 0 Å². The number of sulfonamides is 1. The summed E-state index contributed by atoms with van der Waals surface area (Å²) in [4.78, 5) is 64.0. The lowest BCUT2D eigenvalue weighted by Crippen LogP contribution is -2.54. The third kappa shape index (κ3) is 5.17. The van der Waals surface area contributed by atoms with Crippen LogP contribution in [0.25, 0.3) is 0 Å². The number of ether oxygens (including phenoxy) is 1. The lowest BCUT2D eigenvalue weighted by atomic mass is 9.89. The average Bonchev–Trinajstić information content (AvgIpc) is 3.50. The Kier molecular flexibility index (Phi) is 6.68. The molecule has 2 atom stereocenters. The zero-order chi connectivity index (χ0) is 29.6. The summed E-state index contributed by atoms with van der Waals surface area (Å²) in [5.41, 5.74) is -1.62. The monoisotopic (exact) mass is 580 g/mol. The van der Waals surface area contributed by atoms with E-state index < -0.39 is 51.5 Å². The molecule has 5 N–H and O–H groups in total. The number of urea groups is 2. The van der Waals surface area contributed by atoms with Crippen LogP contribution in [0.5, 0.6) is 5.75 Å². The fourth-order valence-electron chi connectivity index (χ4n) is 4.79. The topological polar surface area (TPSA) is 192 Å². The van der Waals surface area contributed by atoms with Crippen LogP contribution in [-0.4, -0.2) is 75.1 Å². The first-order chi connectivity index (χ1) is 19.3. The Morgan fingerprint density at radius 2 is 1.66 bits per heavy atom. The molecule has 1 unspecified atom stereocenters. The van der Waals surface area contributed by atoms with Gasteiger partial charge in [-0.2, -0.15) is 0 Å². The number of nitrogens with zero attached hydrogens (tertiary/aromatic N) is 1. The largest absolute Gasteiger partial charge is 0.497 e. The van der Waals surface area contributed by atoms with Gasteiger partial charge in [0.2, 0.25) is 15.6 Å². The summed E-state index contributed by atoms with van der Waals surface area (Å²) in [7, 11) is -2.20. The molecule has 5 rings (SSSR count). The predicted molar refractivity (Wildman–Crippen MR) is 142 cm³/mol. The number of rotatable bonds is 7. The molecule has 41 heavy (non-hydrogen) atoms. The molecule has 0 aliphatic carbocycles. The van der Waals surface area contributed by atoms with Crippen LogP contribution in [0.1, 0.15) is 27.0 Å². The smallest absolute Gasteiger partial charge is 0.323 e. The number of methoxy groups -OCH3 is 1. The molecule has 0 spiro atoms. The number of amides is 7. The van der Waals surface area contributed by atoms with E-state index >= 15 is 0 Å². The lowest BCUT2D eigenvalue weighted by Gasteiger charge is -2.27. The Bertz CT molecular complexity index is 1680. The summed E-state index contributed by atoms with van der Waals surface area (Å²) in [6.07, 6.45) is 0.924. The van der Waals surface area contributed by atoms with E-state index in [0.717, 1.165) is 11.8 Å². The van der Waals surface area contributed by atoms with Crippen molar-refractivity contribution in [2.45, 2.75) is 17.6 Å². The van der Waals surface area contributed by atoms with Gasteiger partial charge in [-0.05, 0) is 35.4 Å².